The van der Waals surface area contributed by atoms with Crippen molar-refractivity contribution in [3.05, 3.63) is 64.9 Å². The van der Waals surface area contributed by atoms with Gasteiger partial charge in [-0.3, -0.25) is 4.98 Å². The fraction of sp³-hybridized carbons (Fsp3) is 0.312. The monoisotopic (exact) mass is 274 g/mol. The number of aromatic nitrogens is 1. The van der Waals surface area contributed by atoms with Crippen molar-refractivity contribution in [1.29, 1.82) is 0 Å². The van der Waals surface area contributed by atoms with E-state index in [0.717, 1.165) is 24.4 Å². The van der Waals surface area contributed by atoms with Crippen LogP contribution in [0.15, 0.2) is 48.8 Å². The lowest BCUT2D eigenvalue weighted by molar-refractivity contribution is 0.521. The number of hydrogen-bond acceptors (Lipinski definition) is 2. The Morgan fingerprint density at radius 3 is 2.53 bits per heavy atom. The van der Waals surface area contributed by atoms with Crippen LogP contribution in [0.4, 0.5) is 0 Å². The molecule has 3 heteroatoms. The van der Waals surface area contributed by atoms with Crippen molar-refractivity contribution in [1.82, 2.24) is 10.3 Å². The van der Waals surface area contributed by atoms with Gasteiger partial charge in [0.2, 0.25) is 0 Å². The lowest BCUT2D eigenvalue weighted by atomic mass is 9.99. The zero-order chi connectivity index (χ0) is 13.5. The molecule has 2 nitrogen and oxygen atoms in total. The first-order valence-electron chi connectivity index (χ1n) is 6.64. The van der Waals surface area contributed by atoms with Crippen LogP contribution in [0.1, 0.15) is 18.1 Å². The van der Waals surface area contributed by atoms with Gasteiger partial charge in [0, 0.05) is 23.5 Å². The summed E-state index contributed by atoms with van der Waals surface area (Å²) in [5.41, 5.74) is 2.58. The van der Waals surface area contributed by atoms with Crippen molar-refractivity contribution >= 4 is 11.6 Å². The lowest BCUT2D eigenvalue weighted by Crippen LogP contribution is -2.33. The molecule has 0 saturated heterocycles. The summed E-state index contributed by atoms with van der Waals surface area (Å²) in [6, 6.07) is 12.7. The molecule has 0 saturated carbocycles. The summed E-state index contributed by atoms with van der Waals surface area (Å²) in [6.45, 7) is 3.10. The van der Waals surface area contributed by atoms with Crippen molar-refractivity contribution in [2.24, 2.45) is 0 Å². The summed E-state index contributed by atoms with van der Waals surface area (Å²) in [7, 11) is 0. The van der Waals surface area contributed by atoms with E-state index in [0.29, 0.717) is 6.04 Å². The van der Waals surface area contributed by atoms with Gasteiger partial charge in [-0.1, -0.05) is 30.7 Å². The fourth-order valence-corrected chi connectivity index (χ4v) is 2.47. The second-order valence-corrected chi connectivity index (χ2v) is 5.08. The highest BCUT2D eigenvalue weighted by Crippen LogP contribution is 2.14. The first kappa shape index (κ1) is 14.0. The highest BCUT2D eigenvalue weighted by Gasteiger charge is 2.09. The zero-order valence-electron chi connectivity index (χ0n) is 11.1. The van der Waals surface area contributed by atoms with E-state index in [1.807, 2.05) is 30.6 Å². The van der Waals surface area contributed by atoms with Crippen LogP contribution in [0, 0.1) is 0 Å². The van der Waals surface area contributed by atoms with E-state index in [1.165, 1.54) is 11.1 Å². The number of pyridine rings is 1. The van der Waals surface area contributed by atoms with E-state index >= 15 is 0 Å². The smallest absolute Gasteiger partial charge is 0.0408 e. The molecule has 2 rings (SSSR count). The highest BCUT2D eigenvalue weighted by molar-refractivity contribution is 6.30. The molecule has 2 aromatic rings. The largest absolute Gasteiger partial charge is 0.314 e. The van der Waals surface area contributed by atoms with Gasteiger partial charge in [-0.05, 0) is 54.8 Å². The second-order valence-electron chi connectivity index (χ2n) is 4.65. The average molecular weight is 275 g/mol. The minimum Gasteiger partial charge on any atom is -0.314 e. The number of nitrogens with one attached hydrogen (secondary N) is 1. The Morgan fingerprint density at radius 2 is 1.84 bits per heavy atom. The number of nitrogens with zero attached hydrogens (tertiary/aromatic N) is 1. The summed E-state index contributed by atoms with van der Waals surface area (Å²) in [6.07, 6.45) is 5.68. The van der Waals surface area contributed by atoms with Crippen LogP contribution >= 0.6 is 11.6 Å². The maximum absolute atomic E-state index is 6.04. The van der Waals surface area contributed by atoms with E-state index in [-0.39, 0.29) is 0 Å². The van der Waals surface area contributed by atoms with E-state index in [4.69, 9.17) is 11.6 Å². The van der Waals surface area contributed by atoms with Gasteiger partial charge in [0.05, 0.1) is 0 Å². The SMILES string of the molecule is CCNC(Cc1ccncc1)Cc1cccc(Cl)c1. The minimum absolute atomic E-state index is 0.422. The quantitative estimate of drug-likeness (QED) is 0.872. The molecule has 1 unspecified atom stereocenters. The van der Waals surface area contributed by atoms with Crippen molar-refractivity contribution in [2.45, 2.75) is 25.8 Å². The van der Waals surface area contributed by atoms with E-state index in [9.17, 15) is 0 Å². The maximum Gasteiger partial charge on any atom is 0.0408 e. The molecule has 0 bridgehead atoms. The summed E-state index contributed by atoms with van der Waals surface area (Å²) in [5.74, 6) is 0. The fourth-order valence-electron chi connectivity index (χ4n) is 2.26. The van der Waals surface area contributed by atoms with Crippen molar-refractivity contribution in [3.8, 4) is 0 Å². The molecule has 0 spiro atoms. The van der Waals surface area contributed by atoms with Crippen LogP contribution in [0.3, 0.4) is 0 Å². The zero-order valence-corrected chi connectivity index (χ0v) is 11.9. The summed E-state index contributed by atoms with van der Waals surface area (Å²) < 4.78 is 0. The number of hydrogen-bond donors (Lipinski definition) is 1. The summed E-state index contributed by atoms with van der Waals surface area (Å²) >= 11 is 6.04. The van der Waals surface area contributed by atoms with Crippen LogP contribution in [-0.4, -0.2) is 17.6 Å². The standard InChI is InChI=1S/C16H19ClN2/c1-2-19-16(11-13-6-8-18-9-7-13)12-14-4-3-5-15(17)10-14/h3-10,16,19H,2,11-12H2,1H3. The Kier molecular flexibility index (Phi) is 5.37. The molecule has 1 N–H and O–H groups in total. The Hall–Kier alpha value is -1.38. The molecule has 1 atom stereocenters. The molecule has 100 valence electrons. The van der Waals surface area contributed by atoms with Crippen LogP contribution in [0.2, 0.25) is 5.02 Å². The Labute approximate surface area is 119 Å². The predicted octanol–water partition coefficient (Wildman–Crippen LogP) is 3.50. The normalized spacial score (nSPS) is 12.3. The number of benzene rings is 1. The first-order valence-corrected chi connectivity index (χ1v) is 7.02. The first-order chi connectivity index (χ1) is 9.28. The van der Waals surface area contributed by atoms with Crippen LogP contribution in [0.25, 0.3) is 0 Å². The number of rotatable bonds is 6. The molecule has 19 heavy (non-hydrogen) atoms. The average Bonchev–Trinajstić information content (AvgIpc) is 2.40. The molecule has 1 heterocycles. The molecular formula is C16H19ClN2. The third-order valence-corrected chi connectivity index (χ3v) is 3.33. The molecular weight excluding hydrogens is 256 g/mol. The Balaban J connectivity index is 2.04. The van der Waals surface area contributed by atoms with Crippen LogP contribution in [-0.2, 0) is 12.8 Å². The van der Waals surface area contributed by atoms with E-state index < -0.39 is 0 Å². The minimum atomic E-state index is 0.422. The molecule has 0 aliphatic carbocycles. The molecule has 1 aromatic carbocycles. The number of likely N-dealkylation sites (N-methyl/N-ethyl adjacent to an activating group) is 1. The highest BCUT2D eigenvalue weighted by atomic mass is 35.5. The number of halogens is 1. The summed E-state index contributed by atoms with van der Waals surface area (Å²) in [5, 5.41) is 4.34. The van der Waals surface area contributed by atoms with Crippen LogP contribution in [0.5, 0.6) is 0 Å². The molecule has 0 fully saturated rings. The van der Waals surface area contributed by atoms with E-state index in [1.54, 1.807) is 0 Å². The molecule has 0 aliphatic rings. The van der Waals surface area contributed by atoms with Gasteiger partial charge in [0.15, 0.2) is 0 Å². The third kappa shape index (κ3) is 4.66. The molecule has 1 aromatic heterocycles. The topological polar surface area (TPSA) is 24.9 Å². The lowest BCUT2D eigenvalue weighted by Gasteiger charge is -2.18. The van der Waals surface area contributed by atoms with Gasteiger partial charge in [-0.15, -0.1) is 0 Å². The van der Waals surface area contributed by atoms with Crippen LogP contribution < -0.4 is 5.32 Å². The van der Waals surface area contributed by atoms with Gasteiger partial charge >= 0.3 is 0 Å². The van der Waals surface area contributed by atoms with Gasteiger partial charge in [-0.2, -0.15) is 0 Å². The molecule has 0 amide bonds. The third-order valence-electron chi connectivity index (χ3n) is 3.10. The molecule has 0 radical (unpaired) electrons. The van der Waals surface area contributed by atoms with Gasteiger partial charge in [0.25, 0.3) is 0 Å². The van der Waals surface area contributed by atoms with Crippen molar-refractivity contribution < 1.29 is 0 Å². The van der Waals surface area contributed by atoms with Gasteiger partial charge in [-0.25, -0.2) is 0 Å². The Bertz CT molecular complexity index is 499. The van der Waals surface area contributed by atoms with Crippen molar-refractivity contribution in [2.75, 3.05) is 6.54 Å². The van der Waals surface area contributed by atoms with Gasteiger partial charge in [0.1, 0.15) is 0 Å². The predicted molar refractivity (Wildman–Crippen MR) is 80.6 cm³/mol. The van der Waals surface area contributed by atoms with E-state index in [2.05, 4.69) is 35.4 Å². The van der Waals surface area contributed by atoms with Gasteiger partial charge < -0.3 is 5.32 Å². The maximum atomic E-state index is 6.04. The summed E-state index contributed by atoms with van der Waals surface area (Å²) in [4.78, 5) is 4.06. The Morgan fingerprint density at radius 1 is 1.11 bits per heavy atom. The molecule has 0 aliphatic heterocycles. The second kappa shape index (κ2) is 7.27. The van der Waals surface area contributed by atoms with Crippen molar-refractivity contribution in [3.63, 3.8) is 0 Å².